The predicted octanol–water partition coefficient (Wildman–Crippen LogP) is 2.57. The van der Waals surface area contributed by atoms with Crippen LogP contribution in [0.25, 0.3) is 0 Å². The summed E-state index contributed by atoms with van der Waals surface area (Å²) in [5.74, 6) is 1.18. The zero-order valence-corrected chi connectivity index (χ0v) is 16.6. The largest absolute Gasteiger partial charge is 0.355 e. The number of benzene rings is 1. The van der Waals surface area contributed by atoms with Crippen molar-refractivity contribution >= 4 is 17.6 Å². The molecule has 1 heterocycles. The minimum absolute atomic E-state index is 0.154. The fourth-order valence-corrected chi connectivity index (χ4v) is 3.84. The highest BCUT2D eigenvalue weighted by atomic mass is 16.1. The predicted molar refractivity (Wildman–Crippen MR) is 111 cm³/mol. The number of likely N-dealkylation sites (N-methyl/N-ethyl adjacent to an activating group) is 1. The van der Waals surface area contributed by atoms with Gasteiger partial charge in [0.05, 0.1) is 0 Å². The minimum atomic E-state index is 0.154. The zero-order chi connectivity index (χ0) is 19.1. The molecule has 0 spiro atoms. The van der Waals surface area contributed by atoms with Gasteiger partial charge in [0.1, 0.15) is 0 Å². The summed E-state index contributed by atoms with van der Waals surface area (Å²) in [6.07, 6.45) is 5.74. The number of carbonyl (C=O) groups excluding carboxylic acids is 1. The Balaban J connectivity index is 1.46. The van der Waals surface area contributed by atoms with E-state index in [1.165, 1.54) is 25.8 Å². The summed E-state index contributed by atoms with van der Waals surface area (Å²) in [5, 5.41) is 9.87. The number of likely N-dealkylation sites (tertiary alicyclic amines) is 1. The van der Waals surface area contributed by atoms with Crippen molar-refractivity contribution in [2.75, 3.05) is 32.0 Å². The first-order valence-electron chi connectivity index (χ1n) is 10.3. The summed E-state index contributed by atoms with van der Waals surface area (Å²) in [6.45, 7) is 6.13. The Labute approximate surface area is 162 Å². The van der Waals surface area contributed by atoms with Crippen LogP contribution in [0.3, 0.4) is 0 Å². The highest BCUT2D eigenvalue weighted by Gasteiger charge is 2.25. The lowest BCUT2D eigenvalue weighted by Crippen LogP contribution is -2.44. The number of carbonyl (C=O) groups is 1. The quantitative estimate of drug-likeness (QED) is 0.509. The van der Waals surface area contributed by atoms with Crippen molar-refractivity contribution in [1.82, 2.24) is 15.5 Å². The van der Waals surface area contributed by atoms with E-state index in [0.29, 0.717) is 12.6 Å². The van der Waals surface area contributed by atoms with E-state index in [4.69, 9.17) is 0 Å². The molecule has 27 heavy (non-hydrogen) atoms. The molecule has 6 nitrogen and oxygen atoms in total. The molecule has 1 saturated carbocycles. The number of aliphatic imine (C=N–C) groups is 1. The first-order valence-corrected chi connectivity index (χ1v) is 10.3. The van der Waals surface area contributed by atoms with Crippen molar-refractivity contribution < 1.29 is 4.79 Å². The Morgan fingerprint density at radius 2 is 2.07 bits per heavy atom. The summed E-state index contributed by atoms with van der Waals surface area (Å²) < 4.78 is 0. The van der Waals surface area contributed by atoms with Gasteiger partial charge in [-0.1, -0.05) is 25.5 Å². The van der Waals surface area contributed by atoms with E-state index in [-0.39, 0.29) is 11.8 Å². The van der Waals surface area contributed by atoms with Crippen LogP contribution in [0.2, 0.25) is 0 Å². The van der Waals surface area contributed by atoms with Crippen LogP contribution < -0.4 is 16.0 Å². The van der Waals surface area contributed by atoms with Crippen LogP contribution in [0.15, 0.2) is 29.3 Å². The molecule has 0 aromatic heterocycles. The molecule has 1 amide bonds. The monoisotopic (exact) mass is 371 g/mol. The van der Waals surface area contributed by atoms with Crippen LogP contribution >= 0.6 is 0 Å². The Morgan fingerprint density at radius 1 is 1.22 bits per heavy atom. The third kappa shape index (κ3) is 5.45. The van der Waals surface area contributed by atoms with Gasteiger partial charge >= 0.3 is 0 Å². The molecule has 0 bridgehead atoms. The lowest BCUT2D eigenvalue weighted by atomic mass is 9.85. The SMILES string of the molecule is CCN1CCCC1CNC(=NC)NCc1cccc(NC(=O)C2CCC2)c1. The molecule has 6 heteroatoms. The van der Waals surface area contributed by atoms with Crippen molar-refractivity contribution in [1.29, 1.82) is 0 Å². The molecule has 1 aromatic carbocycles. The zero-order valence-electron chi connectivity index (χ0n) is 16.6. The van der Waals surface area contributed by atoms with E-state index in [0.717, 1.165) is 43.1 Å². The van der Waals surface area contributed by atoms with Crippen LogP contribution in [0.4, 0.5) is 5.69 Å². The lowest BCUT2D eigenvalue weighted by Gasteiger charge is -2.24. The molecule has 1 saturated heterocycles. The maximum Gasteiger partial charge on any atom is 0.227 e. The Morgan fingerprint density at radius 3 is 2.78 bits per heavy atom. The summed E-state index contributed by atoms with van der Waals surface area (Å²) in [7, 11) is 1.80. The van der Waals surface area contributed by atoms with Gasteiger partial charge < -0.3 is 16.0 Å². The summed E-state index contributed by atoms with van der Waals surface area (Å²) >= 11 is 0. The van der Waals surface area contributed by atoms with Crippen molar-refractivity contribution in [3.63, 3.8) is 0 Å². The molecule has 3 N–H and O–H groups in total. The van der Waals surface area contributed by atoms with E-state index in [1.54, 1.807) is 7.05 Å². The average molecular weight is 372 g/mol. The van der Waals surface area contributed by atoms with E-state index in [1.807, 2.05) is 18.2 Å². The number of rotatable bonds is 7. The van der Waals surface area contributed by atoms with Gasteiger partial charge in [-0.2, -0.15) is 0 Å². The van der Waals surface area contributed by atoms with Gasteiger partial charge in [-0.05, 0) is 56.5 Å². The standard InChI is InChI=1S/C21H33N5O/c1-3-26-12-6-11-19(26)15-24-21(22-2)23-14-16-7-4-10-18(13-16)25-20(27)17-8-5-9-17/h4,7,10,13,17,19H,3,5-6,8-9,11-12,14-15H2,1-2H3,(H,25,27)(H2,22,23,24). The van der Waals surface area contributed by atoms with Gasteiger partial charge in [-0.15, -0.1) is 0 Å². The summed E-state index contributed by atoms with van der Waals surface area (Å²) in [6, 6.07) is 8.63. The molecule has 2 fully saturated rings. The fourth-order valence-electron chi connectivity index (χ4n) is 3.84. The molecule has 3 rings (SSSR count). The molecule has 2 aliphatic rings. The van der Waals surface area contributed by atoms with Crippen LogP contribution in [0, 0.1) is 5.92 Å². The van der Waals surface area contributed by atoms with E-state index in [2.05, 4.69) is 38.8 Å². The smallest absolute Gasteiger partial charge is 0.227 e. The Hall–Kier alpha value is -2.08. The van der Waals surface area contributed by atoms with Crippen LogP contribution in [0.1, 0.15) is 44.6 Å². The summed E-state index contributed by atoms with van der Waals surface area (Å²) in [5.41, 5.74) is 2.00. The highest BCUT2D eigenvalue weighted by molar-refractivity contribution is 5.93. The molecule has 148 valence electrons. The van der Waals surface area contributed by atoms with Crippen LogP contribution in [-0.2, 0) is 11.3 Å². The highest BCUT2D eigenvalue weighted by Crippen LogP contribution is 2.27. The second-order valence-electron chi connectivity index (χ2n) is 7.55. The topological polar surface area (TPSA) is 68.8 Å². The molecule has 1 aliphatic carbocycles. The molecule has 1 atom stereocenters. The van der Waals surface area contributed by atoms with E-state index < -0.39 is 0 Å². The Bertz CT molecular complexity index is 656. The van der Waals surface area contributed by atoms with Crippen molar-refractivity contribution in [3.05, 3.63) is 29.8 Å². The number of nitrogens with zero attached hydrogens (tertiary/aromatic N) is 2. The maximum atomic E-state index is 12.1. The molecular formula is C21H33N5O. The second-order valence-corrected chi connectivity index (χ2v) is 7.55. The molecular weight excluding hydrogens is 338 g/mol. The van der Waals surface area contributed by atoms with Crippen molar-refractivity contribution in [2.24, 2.45) is 10.9 Å². The van der Waals surface area contributed by atoms with Gasteiger partial charge in [-0.3, -0.25) is 14.7 Å². The fraction of sp³-hybridized carbons (Fsp3) is 0.619. The number of hydrogen-bond acceptors (Lipinski definition) is 3. The third-order valence-corrected chi connectivity index (χ3v) is 5.76. The van der Waals surface area contributed by atoms with Gasteiger partial charge in [0.2, 0.25) is 5.91 Å². The normalized spacial score (nSPS) is 21.0. The molecule has 1 aliphatic heterocycles. The van der Waals surface area contributed by atoms with Crippen molar-refractivity contribution in [2.45, 2.75) is 51.6 Å². The second kappa shape index (κ2) is 9.74. The average Bonchev–Trinajstić information content (AvgIpc) is 3.08. The lowest BCUT2D eigenvalue weighted by molar-refractivity contribution is -0.122. The Kier molecular flexibility index (Phi) is 7.10. The minimum Gasteiger partial charge on any atom is -0.355 e. The maximum absolute atomic E-state index is 12.1. The third-order valence-electron chi connectivity index (χ3n) is 5.76. The van der Waals surface area contributed by atoms with E-state index in [9.17, 15) is 4.79 Å². The number of hydrogen-bond donors (Lipinski definition) is 3. The number of guanidine groups is 1. The number of amides is 1. The van der Waals surface area contributed by atoms with Crippen molar-refractivity contribution in [3.8, 4) is 0 Å². The number of anilines is 1. The molecule has 1 unspecified atom stereocenters. The molecule has 0 radical (unpaired) electrons. The first-order chi connectivity index (χ1) is 13.2. The van der Waals surface area contributed by atoms with Gasteiger partial charge in [0.15, 0.2) is 5.96 Å². The van der Waals surface area contributed by atoms with Crippen LogP contribution in [0.5, 0.6) is 0 Å². The first kappa shape index (κ1) is 19.7. The van der Waals surface area contributed by atoms with Gasteiger partial charge in [-0.25, -0.2) is 0 Å². The molecule has 1 aromatic rings. The van der Waals surface area contributed by atoms with Gasteiger partial charge in [0.25, 0.3) is 0 Å². The number of nitrogens with one attached hydrogen (secondary N) is 3. The summed E-state index contributed by atoms with van der Waals surface area (Å²) in [4.78, 5) is 19.0. The van der Waals surface area contributed by atoms with E-state index >= 15 is 0 Å². The van der Waals surface area contributed by atoms with Gasteiger partial charge in [0, 0.05) is 37.8 Å². The van der Waals surface area contributed by atoms with Crippen LogP contribution in [-0.4, -0.2) is 49.5 Å².